The van der Waals surface area contributed by atoms with E-state index in [1.807, 2.05) is 6.92 Å². The van der Waals surface area contributed by atoms with Crippen LogP contribution < -0.4 is 4.90 Å². The van der Waals surface area contributed by atoms with Gasteiger partial charge in [0, 0.05) is 19.3 Å². The van der Waals surface area contributed by atoms with Crippen molar-refractivity contribution in [3.05, 3.63) is 23.6 Å². The van der Waals surface area contributed by atoms with Crippen LogP contribution in [0.15, 0.2) is 12.3 Å². The summed E-state index contributed by atoms with van der Waals surface area (Å²) in [6, 6.07) is 1.59. The summed E-state index contributed by atoms with van der Waals surface area (Å²) >= 11 is 0. The van der Waals surface area contributed by atoms with E-state index in [1.54, 1.807) is 12.3 Å². The van der Waals surface area contributed by atoms with Gasteiger partial charge in [-0.2, -0.15) is 0 Å². The molecule has 122 valence electrons. The van der Waals surface area contributed by atoms with Crippen LogP contribution in [0.5, 0.6) is 0 Å². The number of likely N-dealkylation sites (tertiary alicyclic amines) is 1. The Morgan fingerprint density at radius 3 is 2.55 bits per heavy atom. The van der Waals surface area contributed by atoms with Gasteiger partial charge in [-0.1, -0.05) is 6.42 Å². The van der Waals surface area contributed by atoms with Crippen molar-refractivity contribution in [1.82, 2.24) is 9.88 Å². The maximum absolute atomic E-state index is 14.0. The number of aromatic nitrogens is 1. The second-order valence-electron chi connectivity index (χ2n) is 6.94. The molecule has 2 aliphatic heterocycles. The van der Waals surface area contributed by atoms with Crippen molar-refractivity contribution in [3.8, 4) is 0 Å². The maximum Gasteiger partial charge on any atom is 0.165 e. The molecule has 1 aromatic heterocycles. The Balaban J connectivity index is 1.45. The largest absolute Gasteiger partial charge is 0.354 e. The number of hydrogen-bond acceptors (Lipinski definition) is 3. The second-order valence-corrected chi connectivity index (χ2v) is 6.94. The lowest BCUT2D eigenvalue weighted by Gasteiger charge is -2.34. The van der Waals surface area contributed by atoms with Crippen molar-refractivity contribution in [2.24, 2.45) is 5.92 Å². The molecule has 2 aliphatic rings. The summed E-state index contributed by atoms with van der Waals surface area (Å²) < 4.78 is 14.0. The van der Waals surface area contributed by atoms with E-state index in [0.717, 1.165) is 24.6 Å². The Kier molecular flexibility index (Phi) is 5.29. The lowest BCUT2D eigenvalue weighted by atomic mass is 9.93. The van der Waals surface area contributed by atoms with E-state index < -0.39 is 0 Å². The fourth-order valence-corrected chi connectivity index (χ4v) is 3.74. The monoisotopic (exact) mass is 305 g/mol. The zero-order valence-corrected chi connectivity index (χ0v) is 13.7. The first-order valence-electron chi connectivity index (χ1n) is 8.82. The van der Waals surface area contributed by atoms with Gasteiger partial charge < -0.3 is 9.80 Å². The van der Waals surface area contributed by atoms with Gasteiger partial charge in [-0.3, -0.25) is 0 Å². The van der Waals surface area contributed by atoms with Crippen LogP contribution in [0, 0.1) is 18.7 Å². The molecule has 0 atom stereocenters. The minimum atomic E-state index is -0.174. The van der Waals surface area contributed by atoms with Gasteiger partial charge in [0.05, 0.1) is 0 Å². The molecule has 3 nitrogen and oxygen atoms in total. The molecule has 1 aromatic rings. The average molecular weight is 305 g/mol. The van der Waals surface area contributed by atoms with E-state index in [0.29, 0.717) is 5.82 Å². The Morgan fingerprint density at radius 1 is 1.14 bits per heavy atom. The van der Waals surface area contributed by atoms with Crippen molar-refractivity contribution < 1.29 is 4.39 Å². The predicted octanol–water partition coefficient (Wildman–Crippen LogP) is 3.62. The smallest absolute Gasteiger partial charge is 0.165 e. The first kappa shape index (κ1) is 15.7. The highest BCUT2D eigenvalue weighted by atomic mass is 19.1. The van der Waals surface area contributed by atoms with E-state index >= 15 is 0 Å². The molecule has 4 heteroatoms. The van der Waals surface area contributed by atoms with Crippen molar-refractivity contribution >= 4 is 5.82 Å². The zero-order valence-electron chi connectivity index (χ0n) is 13.7. The van der Waals surface area contributed by atoms with Gasteiger partial charge in [0.15, 0.2) is 11.6 Å². The lowest BCUT2D eigenvalue weighted by molar-refractivity contribution is 0.205. The fourth-order valence-electron chi connectivity index (χ4n) is 3.74. The summed E-state index contributed by atoms with van der Waals surface area (Å²) in [6.07, 6.45) is 9.56. The number of nitrogens with zero attached hydrogens (tertiary/aromatic N) is 3. The summed E-state index contributed by atoms with van der Waals surface area (Å²) in [5.41, 5.74) is 0.887. The molecule has 2 fully saturated rings. The first-order chi connectivity index (χ1) is 10.7. The first-order valence-corrected chi connectivity index (χ1v) is 8.82. The highest BCUT2D eigenvalue weighted by Crippen LogP contribution is 2.26. The molecule has 0 spiro atoms. The van der Waals surface area contributed by atoms with Crippen molar-refractivity contribution in [1.29, 1.82) is 0 Å². The highest BCUT2D eigenvalue weighted by molar-refractivity contribution is 5.41. The molecular weight excluding hydrogens is 277 g/mol. The fraction of sp³-hybridized carbons (Fsp3) is 0.722. The van der Waals surface area contributed by atoms with Gasteiger partial charge in [-0.15, -0.1) is 0 Å². The average Bonchev–Trinajstić information content (AvgIpc) is 2.55. The number of pyridine rings is 1. The number of piperidine rings is 2. The number of halogens is 1. The Morgan fingerprint density at radius 2 is 1.86 bits per heavy atom. The molecule has 3 heterocycles. The third kappa shape index (κ3) is 3.97. The molecule has 2 saturated heterocycles. The maximum atomic E-state index is 14.0. The lowest BCUT2D eigenvalue weighted by Crippen LogP contribution is -2.37. The molecule has 0 aromatic carbocycles. The third-order valence-corrected chi connectivity index (χ3v) is 5.17. The minimum absolute atomic E-state index is 0.174. The van der Waals surface area contributed by atoms with Crippen LogP contribution in [0.3, 0.4) is 0 Å². The molecule has 22 heavy (non-hydrogen) atoms. The molecule has 0 bridgehead atoms. The van der Waals surface area contributed by atoms with E-state index in [4.69, 9.17) is 0 Å². The SMILES string of the molecule is Cc1cnc(N2CCC(CCN3CCCCC3)CC2)c(F)c1. The number of anilines is 1. The summed E-state index contributed by atoms with van der Waals surface area (Å²) in [5, 5.41) is 0. The molecule has 3 rings (SSSR count). The van der Waals surface area contributed by atoms with Crippen molar-refractivity contribution in [2.75, 3.05) is 37.6 Å². The Hall–Kier alpha value is -1.16. The summed E-state index contributed by atoms with van der Waals surface area (Å²) in [4.78, 5) is 9.03. The van der Waals surface area contributed by atoms with Gasteiger partial charge in [-0.25, -0.2) is 9.37 Å². The zero-order chi connectivity index (χ0) is 15.4. The standard InChI is InChI=1S/C18H28FN3/c1-15-13-17(19)18(20-14-15)22-11-6-16(7-12-22)5-10-21-8-3-2-4-9-21/h13-14,16H,2-12H2,1H3. The van der Waals surface area contributed by atoms with E-state index in [9.17, 15) is 4.39 Å². The highest BCUT2D eigenvalue weighted by Gasteiger charge is 2.23. The van der Waals surface area contributed by atoms with Gasteiger partial charge in [0.1, 0.15) is 0 Å². The normalized spacial score (nSPS) is 21.3. The van der Waals surface area contributed by atoms with Crippen LogP contribution in [-0.4, -0.2) is 42.6 Å². The van der Waals surface area contributed by atoms with Gasteiger partial charge in [0.2, 0.25) is 0 Å². The third-order valence-electron chi connectivity index (χ3n) is 5.17. The predicted molar refractivity (Wildman–Crippen MR) is 88.8 cm³/mol. The summed E-state index contributed by atoms with van der Waals surface area (Å²) in [6.45, 7) is 7.60. The molecular formula is C18H28FN3. The van der Waals surface area contributed by atoms with Crippen LogP contribution in [0.1, 0.15) is 44.1 Å². The number of rotatable bonds is 4. The van der Waals surface area contributed by atoms with Crippen molar-refractivity contribution in [2.45, 2.75) is 45.4 Å². The van der Waals surface area contributed by atoms with Gasteiger partial charge >= 0.3 is 0 Å². The van der Waals surface area contributed by atoms with Crippen molar-refractivity contribution in [3.63, 3.8) is 0 Å². The molecule has 0 unspecified atom stereocenters. The van der Waals surface area contributed by atoms with E-state index in [2.05, 4.69) is 14.8 Å². The van der Waals surface area contributed by atoms with Crippen LogP contribution in [0.25, 0.3) is 0 Å². The van der Waals surface area contributed by atoms with Crippen LogP contribution in [0.2, 0.25) is 0 Å². The van der Waals surface area contributed by atoms with Crippen LogP contribution in [0.4, 0.5) is 10.2 Å². The molecule has 0 aliphatic carbocycles. The van der Waals surface area contributed by atoms with Gasteiger partial charge in [-0.05, 0) is 76.2 Å². The summed E-state index contributed by atoms with van der Waals surface area (Å²) in [5.74, 6) is 1.17. The topological polar surface area (TPSA) is 19.4 Å². The van der Waals surface area contributed by atoms with Gasteiger partial charge in [0.25, 0.3) is 0 Å². The quantitative estimate of drug-likeness (QED) is 0.847. The molecule has 0 amide bonds. The Bertz CT molecular complexity index is 477. The Labute approximate surface area is 133 Å². The van der Waals surface area contributed by atoms with Crippen LogP contribution >= 0.6 is 0 Å². The second kappa shape index (κ2) is 7.40. The number of hydrogen-bond donors (Lipinski definition) is 0. The number of aryl methyl sites for hydroxylation is 1. The molecule has 0 saturated carbocycles. The van der Waals surface area contributed by atoms with E-state index in [-0.39, 0.29) is 5.82 Å². The molecule has 0 radical (unpaired) electrons. The van der Waals surface area contributed by atoms with E-state index in [1.165, 1.54) is 58.2 Å². The molecule has 0 N–H and O–H groups in total. The van der Waals surface area contributed by atoms with Crippen LogP contribution in [-0.2, 0) is 0 Å². The minimum Gasteiger partial charge on any atom is -0.354 e. The summed E-state index contributed by atoms with van der Waals surface area (Å²) in [7, 11) is 0.